The Labute approximate surface area is 121 Å². The molecular formula is C12H6ClFN2O5. The number of ether oxygens (including phenoxy) is 1. The number of aromatic carboxylic acids is 1. The molecule has 1 aromatic carbocycles. The highest BCUT2D eigenvalue weighted by molar-refractivity contribution is 6.29. The number of aromatic nitrogens is 1. The quantitative estimate of drug-likeness (QED) is 0.528. The lowest BCUT2D eigenvalue weighted by molar-refractivity contribution is -0.385. The van der Waals surface area contributed by atoms with Gasteiger partial charge < -0.3 is 9.84 Å². The summed E-state index contributed by atoms with van der Waals surface area (Å²) in [6.45, 7) is 0. The minimum atomic E-state index is -1.35. The normalized spacial score (nSPS) is 10.2. The number of hydrogen-bond acceptors (Lipinski definition) is 5. The third-order valence-electron chi connectivity index (χ3n) is 2.38. The average Bonchev–Trinajstić information content (AvgIpc) is 2.40. The van der Waals surface area contributed by atoms with E-state index in [4.69, 9.17) is 21.4 Å². The first-order chi connectivity index (χ1) is 9.88. The van der Waals surface area contributed by atoms with Crippen LogP contribution in [0.25, 0.3) is 0 Å². The fourth-order valence-electron chi connectivity index (χ4n) is 1.48. The maximum absolute atomic E-state index is 13.0. The zero-order chi connectivity index (χ0) is 15.6. The van der Waals surface area contributed by atoms with Crippen molar-refractivity contribution in [1.29, 1.82) is 0 Å². The van der Waals surface area contributed by atoms with Crippen molar-refractivity contribution in [3.63, 3.8) is 0 Å². The Morgan fingerprint density at radius 1 is 1.38 bits per heavy atom. The summed E-state index contributed by atoms with van der Waals surface area (Å²) in [7, 11) is 0. The lowest BCUT2D eigenvalue weighted by atomic mass is 10.2. The van der Waals surface area contributed by atoms with Crippen LogP contribution in [0.5, 0.6) is 11.6 Å². The fourth-order valence-corrected chi connectivity index (χ4v) is 1.62. The molecule has 0 aliphatic carbocycles. The van der Waals surface area contributed by atoms with Gasteiger partial charge in [0.05, 0.1) is 11.0 Å². The van der Waals surface area contributed by atoms with Crippen LogP contribution in [0.3, 0.4) is 0 Å². The van der Waals surface area contributed by atoms with Crippen molar-refractivity contribution in [3.05, 3.63) is 57.0 Å². The van der Waals surface area contributed by atoms with Crippen molar-refractivity contribution >= 4 is 23.3 Å². The Balaban J connectivity index is 2.50. The number of carboxylic acids is 1. The molecule has 2 aromatic rings. The van der Waals surface area contributed by atoms with E-state index in [1.54, 1.807) is 0 Å². The van der Waals surface area contributed by atoms with Crippen molar-refractivity contribution in [3.8, 4) is 11.6 Å². The summed E-state index contributed by atoms with van der Waals surface area (Å²) in [5, 5.41) is 19.8. The van der Waals surface area contributed by atoms with Crippen molar-refractivity contribution in [2.75, 3.05) is 0 Å². The van der Waals surface area contributed by atoms with Gasteiger partial charge in [0, 0.05) is 0 Å². The van der Waals surface area contributed by atoms with Crippen molar-refractivity contribution < 1.29 is 24.0 Å². The lowest BCUT2D eigenvalue weighted by Crippen LogP contribution is -2.03. The maximum Gasteiger partial charge on any atom is 0.341 e. The highest BCUT2D eigenvalue weighted by atomic mass is 35.5. The highest BCUT2D eigenvalue weighted by Gasteiger charge is 2.21. The standard InChI is InChI=1S/C12H6ClFN2O5/c13-10-4-2-7(12(17)18)11(15-10)21-9-3-1-6(14)5-8(9)16(19)20/h1-5H,(H,17,18). The van der Waals surface area contributed by atoms with Gasteiger partial charge in [0.2, 0.25) is 11.6 Å². The molecule has 2 rings (SSSR count). The summed E-state index contributed by atoms with van der Waals surface area (Å²) in [4.78, 5) is 24.7. The van der Waals surface area contributed by atoms with Gasteiger partial charge in [-0.3, -0.25) is 10.1 Å². The molecule has 1 heterocycles. The number of carbonyl (C=O) groups is 1. The molecule has 0 unspecified atom stereocenters. The van der Waals surface area contributed by atoms with Crippen LogP contribution >= 0.6 is 11.6 Å². The average molecular weight is 313 g/mol. The molecule has 7 nitrogen and oxygen atoms in total. The molecule has 0 spiro atoms. The summed E-state index contributed by atoms with van der Waals surface area (Å²) in [5.41, 5.74) is -0.994. The monoisotopic (exact) mass is 312 g/mol. The second-order valence-corrected chi connectivity index (χ2v) is 4.15. The first-order valence-electron chi connectivity index (χ1n) is 5.40. The molecule has 0 fully saturated rings. The van der Waals surface area contributed by atoms with Crippen LogP contribution in [-0.2, 0) is 0 Å². The van der Waals surface area contributed by atoms with E-state index in [0.29, 0.717) is 6.07 Å². The Hall–Kier alpha value is -2.74. The number of nitrogens with zero attached hydrogens (tertiary/aromatic N) is 2. The number of halogens is 2. The summed E-state index contributed by atoms with van der Waals surface area (Å²) in [6, 6.07) is 4.97. The zero-order valence-corrected chi connectivity index (χ0v) is 10.9. The van der Waals surface area contributed by atoms with E-state index in [0.717, 1.165) is 18.2 Å². The van der Waals surface area contributed by atoms with E-state index in [-0.39, 0.29) is 16.5 Å². The van der Waals surface area contributed by atoms with E-state index < -0.39 is 28.3 Å². The molecule has 0 aliphatic heterocycles. The number of pyridine rings is 1. The number of carboxylic acid groups (broad SMARTS) is 1. The molecule has 0 radical (unpaired) electrons. The second-order valence-electron chi connectivity index (χ2n) is 3.76. The second kappa shape index (κ2) is 5.71. The Morgan fingerprint density at radius 2 is 2.10 bits per heavy atom. The Kier molecular flexibility index (Phi) is 3.99. The van der Waals surface area contributed by atoms with Crippen LogP contribution in [0.15, 0.2) is 30.3 Å². The fraction of sp³-hybridized carbons (Fsp3) is 0. The number of benzene rings is 1. The molecular weight excluding hydrogens is 307 g/mol. The van der Waals surface area contributed by atoms with Gasteiger partial charge in [-0.1, -0.05) is 11.6 Å². The van der Waals surface area contributed by atoms with E-state index in [1.165, 1.54) is 6.07 Å². The van der Waals surface area contributed by atoms with Gasteiger partial charge in [0.25, 0.3) is 0 Å². The van der Waals surface area contributed by atoms with E-state index in [9.17, 15) is 19.3 Å². The molecule has 0 bridgehead atoms. The van der Waals surface area contributed by atoms with Gasteiger partial charge in [0.1, 0.15) is 16.5 Å². The Morgan fingerprint density at radius 3 is 2.71 bits per heavy atom. The summed E-state index contributed by atoms with van der Waals surface area (Å²) in [6.07, 6.45) is 0. The predicted molar refractivity (Wildman–Crippen MR) is 69.3 cm³/mol. The number of nitro benzene ring substituents is 1. The Bertz CT molecular complexity index is 738. The van der Waals surface area contributed by atoms with Crippen LogP contribution in [0, 0.1) is 15.9 Å². The predicted octanol–water partition coefficient (Wildman–Crippen LogP) is 3.27. The van der Waals surface area contributed by atoms with Crippen LogP contribution < -0.4 is 4.74 Å². The maximum atomic E-state index is 13.0. The number of nitro groups is 1. The minimum Gasteiger partial charge on any atom is -0.477 e. The molecule has 0 saturated heterocycles. The smallest absolute Gasteiger partial charge is 0.341 e. The third-order valence-corrected chi connectivity index (χ3v) is 2.59. The van der Waals surface area contributed by atoms with Crippen LogP contribution in [0.2, 0.25) is 5.15 Å². The molecule has 1 N–H and O–H groups in total. The van der Waals surface area contributed by atoms with E-state index in [1.807, 2.05) is 0 Å². The molecule has 1 aromatic heterocycles. The van der Waals surface area contributed by atoms with E-state index in [2.05, 4.69) is 4.98 Å². The van der Waals surface area contributed by atoms with Gasteiger partial charge in [-0.25, -0.2) is 14.2 Å². The molecule has 0 atom stereocenters. The van der Waals surface area contributed by atoms with Crippen molar-refractivity contribution in [1.82, 2.24) is 4.98 Å². The van der Waals surface area contributed by atoms with Gasteiger partial charge >= 0.3 is 11.7 Å². The first-order valence-corrected chi connectivity index (χ1v) is 5.78. The first kappa shape index (κ1) is 14.7. The number of hydrogen-bond donors (Lipinski definition) is 1. The molecule has 0 saturated carbocycles. The van der Waals surface area contributed by atoms with Gasteiger partial charge in [-0.05, 0) is 24.3 Å². The van der Waals surface area contributed by atoms with Crippen LogP contribution in [0.1, 0.15) is 10.4 Å². The van der Waals surface area contributed by atoms with Crippen LogP contribution in [0.4, 0.5) is 10.1 Å². The van der Waals surface area contributed by atoms with E-state index >= 15 is 0 Å². The lowest BCUT2D eigenvalue weighted by Gasteiger charge is -2.08. The van der Waals surface area contributed by atoms with Gasteiger partial charge in [0.15, 0.2) is 0 Å². The summed E-state index contributed by atoms with van der Waals surface area (Å²) in [5.74, 6) is -2.95. The topological polar surface area (TPSA) is 103 Å². The largest absolute Gasteiger partial charge is 0.477 e. The highest BCUT2D eigenvalue weighted by Crippen LogP contribution is 2.33. The molecule has 0 aliphatic rings. The van der Waals surface area contributed by atoms with Gasteiger partial charge in [-0.2, -0.15) is 0 Å². The summed E-state index contributed by atoms with van der Waals surface area (Å²) < 4.78 is 18.1. The van der Waals surface area contributed by atoms with Gasteiger partial charge in [-0.15, -0.1) is 0 Å². The van der Waals surface area contributed by atoms with Crippen LogP contribution in [-0.4, -0.2) is 21.0 Å². The molecule has 0 amide bonds. The third kappa shape index (κ3) is 3.23. The molecule has 108 valence electrons. The minimum absolute atomic E-state index is 0.0558. The number of rotatable bonds is 4. The molecule has 21 heavy (non-hydrogen) atoms. The van der Waals surface area contributed by atoms with Crippen molar-refractivity contribution in [2.45, 2.75) is 0 Å². The molecule has 9 heteroatoms. The SMILES string of the molecule is O=C(O)c1ccc(Cl)nc1Oc1ccc(F)cc1[N+](=O)[O-]. The van der Waals surface area contributed by atoms with Crippen molar-refractivity contribution in [2.24, 2.45) is 0 Å². The summed E-state index contributed by atoms with van der Waals surface area (Å²) >= 11 is 5.64. The zero-order valence-electron chi connectivity index (χ0n) is 10.1.